The standard InChI is InChI=1S/C29H40FN3O4/c1-21-11-5-6-14-25(21)36-26-23(12-9-13-24(26)30)29(16-7-8-18-35-4)28(37-29)15-10-17-33(20-28)27(34)32-22(2)19-31-3/h5-6,9,11-14,22,31H,7-8,10,15-20H2,1-4H3,(H,32,34)/t22-,28+,29+/m0/s1. The van der Waals surface area contributed by atoms with Gasteiger partial charge in [0.05, 0.1) is 6.54 Å². The average Bonchev–Trinajstić information content (AvgIpc) is 3.49. The smallest absolute Gasteiger partial charge is 0.317 e. The minimum Gasteiger partial charge on any atom is -0.454 e. The van der Waals surface area contributed by atoms with E-state index in [2.05, 4.69) is 10.6 Å². The van der Waals surface area contributed by atoms with Gasteiger partial charge in [0.15, 0.2) is 11.6 Å². The average molecular weight is 514 g/mol. The Labute approximate surface area is 219 Å². The summed E-state index contributed by atoms with van der Waals surface area (Å²) in [5.41, 5.74) is 0.308. The maximum Gasteiger partial charge on any atom is 0.317 e. The second kappa shape index (κ2) is 11.8. The number of ether oxygens (including phenoxy) is 3. The number of likely N-dealkylation sites (N-methyl/N-ethyl adjacent to an activating group) is 1. The normalized spacial score (nSPS) is 23.6. The molecule has 2 aliphatic heterocycles. The first kappa shape index (κ1) is 27.4. The molecule has 2 heterocycles. The van der Waals surface area contributed by atoms with E-state index in [1.165, 1.54) is 6.07 Å². The number of rotatable bonds is 11. The summed E-state index contributed by atoms with van der Waals surface area (Å²) in [7, 11) is 3.56. The van der Waals surface area contributed by atoms with Gasteiger partial charge >= 0.3 is 6.03 Å². The van der Waals surface area contributed by atoms with Gasteiger partial charge in [-0.2, -0.15) is 0 Å². The molecule has 3 atom stereocenters. The minimum atomic E-state index is -0.740. The minimum absolute atomic E-state index is 0.00614. The number of hydrogen-bond acceptors (Lipinski definition) is 5. The fraction of sp³-hybridized carbons (Fsp3) is 0.552. The number of unbranched alkanes of at least 4 members (excludes halogenated alkanes) is 1. The van der Waals surface area contributed by atoms with Crippen molar-refractivity contribution in [2.45, 2.75) is 63.2 Å². The fourth-order valence-electron chi connectivity index (χ4n) is 5.62. The van der Waals surface area contributed by atoms with Gasteiger partial charge in [-0.25, -0.2) is 9.18 Å². The summed E-state index contributed by atoms with van der Waals surface area (Å²) >= 11 is 0. The summed E-state index contributed by atoms with van der Waals surface area (Å²) in [5, 5.41) is 6.16. The molecule has 2 aromatic rings. The largest absolute Gasteiger partial charge is 0.454 e. The maximum atomic E-state index is 15.4. The monoisotopic (exact) mass is 513 g/mol. The van der Waals surface area contributed by atoms with Crippen molar-refractivity contribution < 1.29 is 23.4 Å². The number of aryl methyl sites for hydroxylation is 1. The molecular formula is C29H40FN3O4. The van der Waals surface area contributed by atoms with Gasteiger partial charge in [-0.15, -0.1) is 0 Å². The molecule has 4 rings (SSSR count). The summed E-state index contributed by atoms with van der Waals surface area (Å²) in [6.07, 6.45) is 4.02. The maximum absolute atomic E-state index is 15.4. The van der Waals surface area contributed by atoms with Gasteiger partial charge in [0.25, 0.3) is 0 Å². The zero-order valence-corrected chi connectivity index (χ0v) is 22.4. The molecule has 0 saturated carbocycles. The highest BCUT2D eigenvalue weighted by Crippen LogP contribution is 2.64. The zero-order chi connectivity index (χ0) is 26.5. The Bertz CT molecular complexity index is 1080. The number of epoxide rings is 1. The highest BCUT2D eigenvalue weighted by molar-refractivity contribution is 5.75. The Morgan fingerprint density at radius 3 is 2.78 bits per heavy atom. The molecule has 0 radical (unpaired) electrons. The van der Waals surface area contributed by atoms with Crippen molar-refractivity contribution in [3.05, 3.63) is 59.4 Å². The van der Waals surface area contributed by atoms with Crippen LogP contribution in [0.15, 0.2) is 42.5 Å². The number of piperidine rings is 1. The predicted octanol–water partition coefficient (Wildman–Crippen LogP) is 5.12. The van der Waals surface area contributed by atoms with Crippen molar-refractivity contribution in [2.24, 2.45) is 0 Å². The number of nitrogens with zero attached hydrogens (tertiary/aromatic N) is 1. The number of methoxy groups -OCH3 is 1. The Balaban J connectivity index is 1.65. The molecule has 2 saturated heterocycles. The van der Waals surface area contributed by atoms with Crippen LogP contribution in [0.25, 0.3) is 0 Å². The Morgan fingerprint density at radius 1 is 1.22 bits per heavy atom. The summed E-state index contributed by atoms with van der Waals surface area (Å²) in [6.45, 7) is 6.38. The Hall–Kier alpha value is -2.68. The number of carbonyl (C=O) groups is 1. The number of amides is 2. The molecule has 202 valence electrons. The van der Waals surface area contributed by atoms with Crippen LogP contribution in [-0.4, -0.2) is 63.0 Å². The summed E-state index contributed by atoms with van der Waals surface area (Å²) in [6, 6.07) is 12.6. The fourth-order valence-corrected chi connectivity index (χ4v) is 5.62. The van der Waals surface area contributed by atoms with Crippen LogP contribution in [0.5, 0.6) is 11.5 Å². The molecule has 1 spiro atoms. The van der Waals surface area contributed by atoms with Crippen LogP contribution >= 0.6 is 0 Å². The summed E-state index contributed by atoms with van der Waals surface area (Å²) in [4.78, 5) is 14.9. The molecule has 2 N–H and O–H groups in total. The molecule has 2 aliphatic rings. The lowest BCUT2D eigenvalue weighted by Crippen LogP contribution is -2.53. The van der Waals surface area contributed by atoms with Crippen LogP contribution in [0.4, 0.5) is 9.18 Å². The molecule has 2 fully saturated rings. The van der Waals surface area contributed by atoms with Crippen molar-refractivity contribution in [1.82, 2.24) is 15.5 Å². The van der Waals surface area contributed by atoms with Crippen molar-refractivity contribution in [3.63, 3.8) is 0 Å². The van der Waals surface area contributed by atoms with Gasteiger partial charge in [0.2, 0.25) is 0 Å². The molecule has 8 heteroatoms. The van der Waals surface area contributed by atoms with Crippen LogP contribution in [0, 0.1) is 12.7 Å². The lowest BCUT2D eigenvalue weighted by Gasteiger charge is -2.34. The van der Waals surface area contributed by atoms with E-state index in [9.17, 15) is 4.79 Å². The lowest BCUT2D eigenvalue weighted by molar-refractivity contribution is 0.138. The third kappa shape index (κ3) is 5.76. The van der Waals surface area contributed by atoms with Gasteiger partial charge in [0, 0.05) is 38.4 Å². The van der Waals surface area contributed by atoms with Crippen LogP contribution < -0.4 is 15.4 Å². The van der Waals surface area contributed by atoms with E-state index in [0.29, 0.717) is 44.0 Å². The lowest BCUT2D eigenvalue weighted by atomic mass is 9.77. The number of likely N-dealkylation sites (tertiary alicyclic amines) is 1. The number of urea groups is 1. The van der Waals surface area contributed by atoms with E-state index in [-0.39, 0.29) is 17.8 Å². The topological polar surface area (TPSA) is 75.4 Å². The highest BCUT2D eigenvalue weighted by Gasteiger charge is 2.72. The Morgan fingerprint density at radius 2 is 2.03 bits per heavy atom. The van der Waals surface area contributed by atoms with E-state index in [1.807, 2.05) is 56.1 Å². The van der Waals surface area contributed by atoms with Gasteiger partial charge < -0.3 is 29.7 Å². The molecule has 7 nitrogen and oxygen atoms in total. The predicted molar refractivity (Wildman–Crippen MR) is 142 cm³/mol. The number of halogens is 1. The van der Waals surface area contributed by atoms with Gasteiger partial charge in [0.1, 0.15) is 17.0 Å². The molecular weight excluding hydrogens is 473 g/mol. The SMILES string of the molecule is CNC[C@H](C)NC(=O)N1CCC[C@]2(C1)O[C@]2(CCCCOC)c1cccc(F)c1Oc1ccccc1C. The first-order valence-corrected chi connectivity index (χ1v) is 13.3. The van der Waals surface area contributed by atoms with Gasteiger partial charge in [-0.3, -0.25) is 0 Å². The number of hydrogen-bond donors (Lipinski definition) is 2. The van der Waals surface area contributed by atoms with E-state index < -0.39 is 17.0 Å². The van der Waals surface area contributed by atoms with Gasteiger partial charge in [-0.05, 0) is 70.7 Å². The third-order valence-corrected chi connectivity index (χ3v) is 7.52. The third-order valence-electron chi connectivity index (χ3n) is 7.52. The molecule has 0 bridgehead atoms. The second-order valence-corrected chi connectivity index (χ2v) is 10.3. The van der Waals surface area contributed by atoms with Crippen molar-refractivity contribution in [3.8, 4) is 11.5 Å². The van der Waals surface area contributed by atoms with Crippen LogP contribution in [0.1, 0.15) is 50.2 Å². The molecule has 0 aliphatic carbocycles. The quantitative estimate of drug-likeness (QED) is 0.322. The first-order valence-electron chi connectivity index (χ1n) is 13.3. The number of benzene rings is 2. The second-order valence-electron chi connectivity index (χ2n) is 10.3. The highest BCUT2D eigenvalue weighted by atomic mass is 19.1. The van der Waals surface area contributed by atoms with E-state index in [4.69, 9.17) is 14.2 Å². The van der Waals surface area contributed by atoms with E-state index in [1.54, 1.807) is 13.2 Å². The van der Waals surface area contributed by atoms with E-state index >= 15 is 4.39 Å². The van der Waals surface area contributed by atoms with Crippen LogP contribution in [0.3, 0.4) is 0 Å². The van der Waals surface area contributed by atoms with Gasteiger partial charge in [-0.1, -0.05) is 30.3 Å². The van der Waals surface area contributed by atoms with Crippen molar-refractivity contribution in [2.75, 3.05) is 40.4 Å². The molecule has 2 amide bonds. The van der Waals surface area contributed by atoms with Crippen molar-refractivity contribution >= 4 is 6.03 Å². The number of carbonyl (C=O) groups excluding carboxylic acids is 1. The van der Waals surface area contributed by atoms with Crippen LogP contribution in [-0.2, 0) is 15.1 Å². The number of nitrogens with one attached hydrogen (secondary N) is 2. The van der Waals surface area contributed by atoms with Crippen molar-refractivity contribution in [1.29, 1.82) is 0 Å². The van der Waals surface area contributed by atoms with Crippen LogP contribution in [0.2, 0.25) is 0 Å². The number of para-hydroxylation sites is 2. The first-order chi connectivity index (χ1) is 17.9. The molecule has 0 aromatic heterocycles. The molecule has 0 unspecified atom stereocenters. The summed E-state index contributed by atoms with van der Waals surface area (Å²) in [5.74, 6) is 0.389. The van der Waals surface area contributed by atoms with E-state index in [0.717, 1.165) is 31.2 Å². The zero-order valence-electron chi connectivity index (χ0n) is 22.4. The molecule has 2 aromatic carbocycles. The summed E-state index contributed by atoms with van der Waals surface area (Å²) < 4.78 is 33.5. The Kier molecular flexibility index (Phi) is 8.72. The molecule has 37 heavy (non-hydrogen) atoms.